The average Bonchev–Trinajstić information content (AvgIpc) is 2.27. The zero-order valence-electron chi connectivity index (χ0n) is 9.50. The molecular formula is C11H11F4NO2. The summed E-state index contributed by atoms with van der Waals surface area (Å²) >= 11 is 0. The smallest absolute Gasteiger partial charge is 0.258 e. The molecule has 1 aromatic carbocycles. The van der Waals surface area contributed by atoms with Gasteiger partial charge in [-0.2, -0.15) is 13.2 Å². The summed E-state index contributed by atoms with van der Waals surface area (Å²) in [5, 5.41) is 10.7. The molecule has 0 aliphatic carbocycles. The minimum Gasteiger partial charge on any atom is -0.258 e. The van der Waals surface area contributed by atoms with Gasteiger partial charge in [-0.15, -0.1) is 0 Å². The SMILES string of the molecule is CCC(F)Cc1ccc(C(F)(F)F)cc1[N+](=O)[O-]. The molecule has 3 nitrogen and oxygen atoms in total. The van der Waals surface area contributed by atoms with Gasteiger partial charge in [-0.3, -0.25) is 10.1 Å². The molecule has 0 spiro atoms. The van der Waals surface area contributed by atoms with Crippen LogP contribution in [-0.2, 0) is 12.6 Å². The lowest BCUT2D eigenvalue weighted by molar-refractivity contribution is -0.385. The summed E-state index contributed by atoms with van der Waals surface area (Å²) < 4.78 is 50.3. The van der Waals surface area contributed by atoms with Crippen molar-refractivity contribution in [3.8, 4) is 0 Å². The maximum absolute atomic E-state index is 13.2. The Balaban J connectivity index is 3.17. The van der Waals surface area contributed by atoms with Crippen LogP contribution < -0.4 is 0 Å². The molecule has 1 unspecified atom stereocenters. The van der Waals surface area contributed by atoms with Crippen LogP contribution in [0.15, 0.2) is 18.2 Å². The van der Waals surface area contributed by atoms with Gasteiger partial charge < -0.3 is 0 Å². The van der Waals surface area contributed by atoms with Crippen molar-refractivity contribution in [1.82, 2.24) is 0 Å². The van der Waals surface area contributed by atoms with Gasteiger partial charge in [-0.05, 0) is 12.5 Å². The predicted octanol–water partition coefficient (Wildman–Crippen LogP) is 3.90. The maximum atomic E-state index is 13.2. The first-order chi connectivity index (χ1) is 8.25. The van der Waals surface area contributed by atoms with E-state index in [1.54, 1.807) is 6.92 Å². The quantitative estimate of drug-likeness (QED) is 0.470. The summed E-state index contributed by atoms with van der Waals surface area (Å²) in [5.74, 6) is 0. The molecule has 0 bridgehead atoms. The maximum Gasteiger partial charge on any atom is 0.416 e. The second kappa shape index (κ2) is 5.32. The van der Waals surface area contributed by atoms with Crippen LogP contribution in [0.1, 0.15) is 24.5 Å². The Morgan fingerprint density at radius 2 is 2.00 bits per heavy atom. The van der Waals surface area contributed by atoms with Crippen molar-refractivity contribution in [1.29, 1.82) is 0 Å². The molecule has 0 aromatic heterocycles. The third-order valence-corrected chi connectivity index (χ3v) is 2.49. The monoisotopic (exact) mass is 265 g/mol. The van der Waals surface area contributed by atoms with E-state index in [4.69, 9.17) is 0 Å². The van der Waals surface area contributed by atoms with Crippen molar-refractivity contribution in [2.45, 2.75) is 32.1 Å². The van der Waals surface area contributed by atoms with Gasteiger partial charge in [-0.1, -0.05) is 13.0 Å². The lowest BCUT2D eigenvalue weighted by Gasteiger charge is -2.10. The second-order valence-corrected chi connectivity index (χ2v) is 3.81. The van der Waals surface area contributed by atoms with E-state index in [-0.39, 0.29) is 18.4 Å². The van der Waals surface area contributed by atoms with Gasteiger partial charge in [0.15, 0.2) is 0 Å². The van der Waals surface area contributed by atoms with Gasteiger partial charge in [0, 0.05) is 18.1 Å². The molecule has 7 heteroatoms. The van der Waals surface area contributed by atoms with Gasteiger partial charge in [0.25, 0.3) is 5.69 Å². The van der Waals surface area contributed by atoms with Crippen LogP contribution in [0, 0.1) is 10.1 Å². The molecule has 0 heterocycles. The van der Waals surface area contributed by atoms with Gasteiger partial charge in [0.1, 0.15) is 6.17 Å². The van der Waals surface area contributed by atoms with E-state index >= 15 is 0 Å². The molecule has 1 rings (SSSR count). The van der Waals surface area contributed by atoms with Crippen molar-refractivity contribution in [3.63, 3.8) is 0 Å². The van der Waals surface area contributed by atoms with E-state index in [1.165, 1.54) is 0 Å². The Morgan fingerprint density at radius 1 is 1.39 bits per heavy atom. The first-order valence-corrected chi connectivity index (χ1v) is 5.24. The molecule has 0 fully saturated rings. The molecule has 0 aliphatic heterocycles. The zero-order valence-corrected chi connectivity index (χ0v) is 9.50. The van der Waals surface area contributed by atoms with E-state index in [0.717, 1.165) is 12.1 Å². The molecule has 0 N–H and O–H groups in total. The second-order valence-electron chi connectivity index (χ2n) is 3.81. The van der Waals surface area contributed by atoms with Gasteiger partial charge in [-0.25, -0.2) is 4.39 Å². The van der Waals surface area contributed by atoms with Crippen LogP contribution in [0.3, 0.4) is 0 Å². The highest BCUT2D eigenvalue weighted by molar-refractivity contribution is 5.44. The normalized spacial score (nSPS) is 13.4. The number of hydrogen-bond acceptors (Lipinski definition) is 2. The summed E-state index contributed by atoms with van der Waals surface area (Å²) in [4.78, 5) is 9.76. The van der Waals surface area contributed by atoms with Crippen LogP contribution in [0.2, 0.25) is 0 Å². The summed E-state index contributed by atoms with van der Waals surface area (Å²) in [6.07, 6.45) is -6.06. The van der Waals surface area contributed by atoms with Crippen molar-refractivity contribution in [2.24, 2.45) is 0 Å². The molecule has 0 saturated heterocycles. The van der Waals surface area contributed by atoms with Gasteiger partial charge in [0.05, 0.1) is 10.5 Å². The summed E-state index contributed by atoms with van der Waals surface area (Å²) in [5.41, 5.74) is -1.83. The minimum atomic E-state index is -4.65. The van der Waals surface area contributed by atoms with E-state index in [1.807, 2.05) is 0 Å². The van der Waals surface area contributed by atoms with Crippen LogP contribution in [0.25, 0.3) is 0 Å². The first-order valence-electron chi connectivity index (χ1n) is 5.24. The highest BCUT2D eigenvalue weighted by Gasteiger charge is 2.33. The summed E-state index contributed by atoms with van der Waals surface area (Å²) in [6, 6.07) is 2.13. The van der Waals surface area contributed by atoms with Gasteiger partial charge >= 0.3 is 6.18 Å². The molecule has 100 valence electrons. The van der Waals surface area contributed by atoms with Crippen LogP contribution in [-0.4, -0.2) is 11.1 Å². The van der Waals surface area contributed by atoms with E-state index in [9.17, 15) is 27.7 Å². The molecule has 1 atom stereocenters. The van der Waals surface area contributed by atoms with Crippen LogP contribution in [0.4, 0.5) is 23.2 Å². The predicted molar refractivity (Wildman–Crippen MR) is 57.0 cm³/mol. The Morgan fingerprint density at radius 3 is 2.44 bits per heavy atom. The Labute approximate surface area is 101 Å². The van der Waals surface area contributed by atoms with Crippen LogP contribution in [0.5, 0.6) is 0 Å². The number of nitrogens with zero attached hydrogens (tertiary/aromatic N) is 1. The van der Waals surface area contributed by atoms with Crippen molar-refractivity contribution in [3.05, 3.63) is 39.4 Å². The number of rotatable bonds is 4. The lowest BCUT2D eigenvalue weighted by atomic mass is 10.0. The number of halogens is 4. The summed E-state index contributed by atoms with van der Waals surface area (Å²) in [6.45, 7) is 1.56. The van der Waals surface area contributed by atoms with E-state index in [0.29, 0.717) is 6.07 Å². The third kappa shape index (κ3) is 3.41. The van der Waals surface area contributed by atoms with Gasteiger partial charge in [0.2, 0.25) is 0 Å². The molecule has 0 saturated carbocycles. The molecular weight excluding hydrogens is 254 g/mol. The molecule has 0 amide bonds. The largest absolute Gasteiger partial charge is 0.416 e. The molecule has 18 heavy (non-hydrogen) atoms. The van der Waals surface area contributed by atoms with Crippen molar-refractivity contribution < 1.29 is 22.5 Å². The standard InChI is InChI=1S/C11H11F4NO2/c1-2-9(12)5-7-3-4-8(11(13,14)15)6-10(7)16(17)18/h3-4,6,9H,2,5H2,1H3. The Hall–Kier alpha value is -1.66. The fourth-order valence-electron chi connectivity index (χ4n) is 1.47. The number of nitro benzene ring substituents is 1. The zero-order chi connectivity index (χ0) is 13.9. The number of hydrogen-bond donors (Lipinski definition) is 0. The van der Waals surface area contributed by atoms with Crippen molar-refractivity contribution >= 4 is 5.69 Å². The summed E-state index contributed by atoms with van der Waals surface area (Å²) in [7, 11) is 0. The number of alkyl halides is 4. The average molecular weight is 265 g/mol. The van der Waals surface area contributed by atoms with Crippen molar-refractivity contribution in [2.75, 3.05) is 0 Å². The van der Waals surface area contributed by atoms with Crippen LogP contribution >= 0.6 is 0 Å². The highest BCUT2D eigenvalue weighted by atomic mass is 19.4. The highest BCUT2D eigenvalue weighted by Crippen LogP contribution is 2.33. The first kappa shape index (κ1) is 14.4. The Kier molecular flexibility index (Phi) is 4.26. The topological polar surface area (TPSA) is 43.1 Å². The minimum absolute atomic E-state index is 0.0256. The number of nitro groups is 1. The lowest BCUT2D eigenvalue weighted by Crippen LogP contribution is -2.09. The van der Waals surface area contributed by atoms with E-state index in [2.05, 4.69) is 0 Å². The third-order valence-electron chi connectivity index (χ3n) is 2.49. The molecule has 0 radical (unpaired) electrons. The molecule has 0 aliphatic rings. The Bertz CT molecular complexity index is 445. The fraction of sp³-hybridized carbons (Fsp3) is 0.455. The van der Waals surface area contributed by atoms with E-state index < -0.39 is 28.5 Å². The number of benzene rings is 1. The fourth-order valence-corrected chi connectivity index (χ4v) is 1.47. The molecule has 1 aromatic rings.